The van der Waals surface area contributed by atoms with E-state index in [2.05, 4.69) is 20.3 Å². The maximum atomic E-state index is 5.05. The molecule has 2 aromatic rings. The number of nitrogens with zero attached hydrogens (tertiary/aromatic N) is 5. The summed E-state index contributed by atoms with van der Waals surface area (Å²) in [7, 11) is 0. The molecule has 0 unspecified atom stereocenters. The smallest absolute Gasteiger partial charge is 0.353 e. The number of rotatable bonds is 2. The van der Waals surface area contributed by atoms with Crippen molar-refractivity contribution in [3.05, 3.63) is 12.4 Å². The molecule has 0 spiro atoms. The first-order valence-corrected chi connectivity index (χ1v) is 3.57. The molecule has 0 aromatic carbocycles. The molecule has 0 saturated heterocycles. The highest BCUT2D eigenvalue weighted by atomic mass is 16.5. The summed E-state index contributed by atoms with van der Waals surface area (Å²) in [5.41, 5.74) is 0. The predicted molar refractivity (Wildman–Crippen MR) is 39.7 cm³/mol. The lowest BCUT2D eigenvalue weighted by atomic mass is 10.9. The van der Waals surface area contributed by atoms with Gasteiger partial charge in [-0.2, -0.15) is 4.52 Å². The Kier molecular flexibility index (Phi) is 1.58. The van der Waals surface area contributed by atoms with Crippen molar-refractivity contribution in [2.24, 2.45) is 0 Å². The Balaban J connectivity index is 2.46. The van der Waals surface area contributed by atoms with Crippen LogP contribution in [0.2, 0.25) is 0 Å². The van der Waals surface area contributed by atoms with Crippen molar-refractivity contribution >= 4 is 5.78 Å². The van der Waals surface area contributed by atoms with Crippen LogP contribution in [-0.4, -0.2) is 31.4 Å². The van der Waals surface area contributed by atoms with Crippen LogP contribution in [0.15, 0.2) is 12.4 Å². The third-order valence-corrected chi connectivity index (χ3v) is 1.29. The molecule has 0 amide bonds. The van der Waals surface area contributed by atoms with Gasteiger partial charge in [-0.25, -0.2) is 4.98 Å². The molecule has 0 atom stereocenters. The standard InChI is InChI=1S/C6H7N5O/c1-2-12-6-9-8-5-7-3-4-11(5)10-6/h3-4H,2H2,1H3. The summed E-state index contributed by atoms with van der Waals surface area (Å²) >= 11 is 0. The largest absolute Gasteiger partial charge is 0.462 e. The van der Waals surface area contributed by atoms with Gasteiger partial charge in [-0.15, -0.1) is 10.2 Å². The number of aromatic nitrogens is 5. The van der Waals surface area contributed by atoms with E-state index >= 15 is 0 Å². The Morgan fingerprint density at radius 1 is 1.50 bits per heavy atom. The summed E-state index contributed by atoms with van der Waals surface area (Å²) in [6.07, 6.45) is 3.29. The van der Waals surface area contributed by atoms with E-state index in [-0.39, 0.29) is 6.01 Å². The molecular weight excluding hydrogens is 158 g/mol. The minimum atomic E-state index is 0.267. The zero-order valence-electron chi connectivity index (χ0n) is 6.51. The lowest BCUT2D eigenvalue weighted by Crippen LogP contribution is -2.03. The van der Waals surface area contributed by atoms with E-state index in [1.54, 1.807) is 12.4 Å². The normalized spacial score (nSPS) is 10.4. The van der Waals surface area contributed by atoms with Crippen molar-refractivity contribution in [2.45, 2.75) is 6.92 Å². The van der Waals surface area contributed by atoms with E-state index in [1.807, 2.05) is 6.92 Å². The van der Waals surface area contributed by atoms with Gasteiger partial charge in [-0.1, -0.05) is 5.10 Å². The van der Waals surface area contributed by atoms with Crippen LogP contribution in [0, 0.1) is 0 Å². The zero-order valence-corrected chi connectivity index (χ0v) is 6.51. The summed E-state index contributed by atoms with van der Waals surface area (Å²) in [6, 6.07) is 0.267. The van der Waals surface area contributed by atoms with Gasteiger partial charge in [-0.3, -0.25) is 0 Å². The third-order valence-electron chi connectivity index (χ3n) is 1.29. The zero-order chi connectivity index (χ0) is 8.39. The van der Waals surface area contributed by atoms with E-state index < -0.39 is 0 Å². The quantitative estimate of drug-likeness (QED) is 0.622. The highest BCUT2D eigenvalue weighted by molar-refractivity contribution is 5.22. The van der Waals surface area contributed by atoms with Crippen molar-refractivity contribution < 1.29 is 4.74 Å². The average Bonchev–Trinajstić information content (AvgIpc) is 2.51. The van der Waals surface area contributed by atoms with E-state index in [0.29, 0.717) is 12.4 Å². The number of hydrogen-bond donors (Lipinski definition) is 0. The molecule has 0 bridgehead atoms. The number of imidazole rings is 1. The molecule has 6 nitrogen and oxygen atoms in total. The highest BCUT2D eigenvalue weighted by Gasteiger charge is 2.00. The lowest BCUT2D eigenvalue weighted by molar-refractivity contribution is 0.301. The Morgan fingerprint density at radius 2 is 2.42 bits per heavy atom. The van der Waals surface area contributed by atoms with Crippen molar-refractivity contribution in [3.8, 4) is 6.01 Å². The van der Waals surface area contributed by atoms with Gasteiger partial charge < -0.3 is 4.74 Å². The summed E-state index contributed by atoms with van der Waals surface area (Å²) in [5.74, 6) is 0.471. The van der Waals surface area contributed by atoms with Gasteiger partial charge in [0, 0.05) is 6.20 Å². The van der Waals surface area contributed by atoms with Gasteiger partial charge in [0.15, 0.2) is 0 Å². The number of hydrogen-bond acceptors (Lipinski definition) is 5. The molecule has 0 aliphatic carbocycles. The molecule has 0 fully saturated rings. The van der Waals surface area contributed by atoms with Gasteiger partial charge in [0.05, 0.1) is 12.8 Å². The second-order valence-corrected chi connectivity index (χ2v) is 2.09. The molecule has 2 rings (SSSR count). The highest BCUT2D eigenvalue weighted by Crippen LogP contribution is 1.98. The lowest BCUT2D eigenvalue weighted by Gasteiger charge is -1.97. The molecule has 6 heteroatoms. The van der Waals surface area contributed by atoms with E-state index in [4.69, 9.17) is 4.74 Å². The first-order valence-electron chi connectivity index (χ1n) is 3.57. The Bertz CT molecular complexity index is 384. The molecule has 2 heterocycles. The molecule has 12 heavy (non-hydrogen) atoms. The summed E-state index contributed by atoms with van der Waals surface area (Å²) in [6.45, 7) is 2.39. The van der Waals surface area contributed by atoms with Crippen LogP contribution in [0.5, 0.6) is 6.01 Å². The third kappa shape index (κ3) is 1.07. The first-order chi connectivity index (χ1) is 5.90. The Labute approximate surface area is 68.2 Å². The monoisotopic (exact) mass is 165 g/mol. The fourth-order valence-electron chi connectivity index (χ4n) is 0.825. The van der Waals surface area contributed by atoms with Crippen LogP contribution >= 0.6 is 0 Å². The minimum absolute atomic E-state index is 0.267. The number of ether oxygens (including phenoxy) is 1. The molecule has 0 N–H and O–H groups in total. The first kappa shape index (κ1) is 6.96. The van der Waals surface area contributed by atoms with Crippen molar-refractivity contribution in [2.75, 3.05) is 6.61 Å². The summed E-state index contributed by atoms with van der Waals surface area (Å²) < 4.78 is 6.56. The second kappa shape index (κ2) is 2.72. The average molecular weight is 165 g/mol. The second-order valence-electron chi connectivity index (χ2n) is 2.09. The predicted octanol–water partition coefficient (Wildman–Crippen LogP) is -0.0820. The van der Waals surface area contributed by atoms with Gasteiger partial charge in [0.25, 0.3) is 5.78 Å². The molecular formula is C6H7N5O. The van der Waals surface area contributed by atoms with Crippen LogP contribution in [0.1, 0.15) is 6.92 Å². The van der Waals surface area contributed by atoms with Gasteiger partial charge in [0.2, 0.25) is 0 Å². The van der Waals surface area contributed by atoms with Crippen LogP contribution in [0.3, 0.4) is 0 Å². The summed E-state index contributed by atoms with van der Waals surface area (Å²) in [5, 5.41) is 11.5. The van der Waals surface area contributed by atoms with Crippen LogP contribution in [0.25, 0.3) is 5.78 Å². The van der Waals surface area contributed by atoms with Gasteiger partial charge in [-0.05, 0) is 6.92 Å². The maximum Gasteiger partial charge on any atom is 0.353 e. The fourth-order valence-corrected chi connectivity index (χ4v) is 0.825. The molecule has 2 aromatic heterocycles. The SMILES string of the molecule is CCOc1nnc2nccn2n1. The topological polar surface area (TPSA) is 65.2 Å². The van der Waals surface area contributed by atoms with Crippen molar-refractivity contribution in [1.82, 2.24) is 24.8 Å². The van der Waals surface area contributed by atoms with Crippen LogP contribution < -0.4 is 4.74 Å². The van der Waals surface area contributed by atoms with Crippen LogP contribution in [-0.2, 0) is 0 Å². The Hall–Kier alpha value is -1.72. The molecule has 62 valence electrons. The van der Waals surface area contributed by atoms with E-state index in [1.165, 1.54) is 4.52 Å². The fraction of sp³-hybridized carbons (Fsp3) is 0.333. The van der Waals surface area contributed by atoms with Crippen molar-refractivity contribution in [1.29, 1.82) is 0 Å². The molecule has 0 saturated carbocycles. The molecule has 0 aliphatic rings. The maximum absolute atomic E-state index is 5.05. The van der Waals surface area contributed by atoms with Crippen molar-refractivity contribution in [3.63, 3.8) is 0 Å². The number of fused-ring (bicyclic) bond motifs is 1. The molecule has 0 radical (unpaired) electrons. The molecule has 0 aliphatic heterocycles. The Morgan fingerprint density at radius 3 is 3.25 bits per heavy atom. The minimum Gasteiger partial charge on any atom is -0.462 e. The van der Waals surface area contributed by atoms with Gasteiger partial charge >= 0.3 is 6.01 Å². The van der Waals surface area contributed by atoms with Crippen LogP contribution in [0.4, 0.5) is 0 Å². The van der Waals surface area contributed by atoms with Gasteiger partial charge in [0.1, 0.15) is 0 Å². The van der Waals surface area contributed by atoms with E-state index in [0.717, 1.165) is 0 Å². The summed E-state index contributed by atoms with van der Waals surface area (Å²) in [4.78, 5) is 3.89. The van der Waals surface area contributed by atoms with E-state index in [9.17, 15) is 0 Å².